The van der Waals surface area contributed by atoms with Crippen LogP contribution in [0, 0.1) is 29.6 Å². The number of benzene rings is 2. The zero-order chi connectivity index (χ0) is 23.7. The van der Waals surface area contributed by atoms with Crippen LogP contribution >= 0.6 is 0 Å². The van der Waals surface area contributed by atoms with Crippen LogP contribution < -0.4 is 10.5 Å². The number of methoxy groups -OCH3 is 1. The van der Waals surface area contributed by atoms with Crippen molar-refractivity contribution in [1.29, 1.82) is 0 Å². The third-order valence-electron chi connectivity index (χ3n) is 7.83. The maximum absolute atomic E-state index is 11.3. The molecule has 2 aromatic rings. The van der Waals surface area contributed by atoms with Crippen molar-refractivity contribution in [3.8, 4) is 17.6 Å². The molecule has 5 heteroatoms. The van der Waals surface area contributed by atoms with Crippen LogP contribution in [0.5, 0.6) is 5.75 Å². The van der Waals surface area contributed by atoms with E-state index < -0.39 is 12.4 Å². The average Bonchev–Trinajstić information content (AvgIpc) is 2.82. The molecule has 5 nitrogen and oxygen atoms in total. The van der Waals surface area contributed by atoms with Gasteiger partial charge in [0.1, 0.15) is 5.75 Å². The van der Waals surface area contributed by atoms with E-state index in [2.05, 4.69) is 17.9 Å². The van der Waals surface area contributed by atoms with Crippen molar-refractivity contribution in [2.45, 2.75) is 57.3 Å². The van der Waals surface area contributed by atoms with Crippen LogP contribution in [0.1, 0.15) is 72.5 Å². The van der Waals surface area contributed by atoms with Gasteiger partial charge in [0.25, 0.3) is 0 Å². The van der Waals surface area contributed by atoms with Crippen LogP contribution in [0.4, 0.5) is 0 Å². The second-order valence-corrected chi connectivity index (χ2v) is 10.2. The molecule has 34 heavy (non-hydrogen) atoms. The van der Waals surface area contributed by atoms with Gasteiger partial charge < -0.3 is 19.9 Å². The monoisotopic (exact) mass is 459 g/mol. The highest BCUT2D eigenvalue weighted by Crippen LogP contribution is 2.62. The number of primary amides is 1. The summed E-state index contributed by atoms with van der Waals surface area (Å²) in [5, 5.41) is 0. The third-order valence-corrected chi connectivity index (χ3v) is 7.83. The van der Waals surface area contributed by atoms with E-state index in [1.54, 1.807) is 19.2 Å². The predicted molar refractivity (Wildman–Crippen MR) is 130 cm³/mol. The smallest absolute Gasteiger partial charge is 0.315 e. The maximum Gasteiger partial charge on any atom is 0.315 e. The first kappa shape index (κ1) is 23.0. The van der Waals surface area contributed by atoms with Gasteiger partial charge >= 0.3 is 6.48 Å². The van der Waals surface area contributed by atoms with Gasteiger partial charge in [0.05, 0.1) is 6.61 Å². The highest BCUT2D eigenvalue weighted by molar-refractivity contribution is 5.92. The Morgan fingerprint density at radius 2 is 1.59 bits per heavy atom. The van der Waals surface area contributed by atoms with Gasteiger partial charge in [-0.1, -0.05) is 11.8 Å². The predicted octanol–water partition coefficient (Wildman–Crippen LogP) is 5.00. The fourth-order valence-corrected chi connectivity index (χ4v) is 6.82. The standard InChI is InChI=1S/C29H33NO4/c1-3-33-28(32-2)34-26-11-8-20(5-4-19-6-9-24(10-7-19)27(30)31)15-25(26)29-16-21-12-22(17-29)14-23(13-21)18-29/h6-11,15,21-23,28H,3,12-14,16-18H2,1-2H3,(H2,30,31). The Balaban J connectivity index is 1.49. The number of ether oxygens (including phenoxy) is 3. The normalized spacial score (nSPS) is 27.6. The van der Waals surface area contributed by atoms with Gasteiger partial charge in [-0.2, -0.15) is 0 Å². The lowest BCUT2D eigenvalue weighted by Gasteiger charge is -2.57. The molecule has 4 aliphatic carbocycles. The van der Waals surface area contributed by atoms with E-state index in [0.29, 0.717) is 12.2 Å². The lowest BCUT2D eigenvalue weighted by atomic mass is 9.48. The lowest BCUT2D eigenvalue weighted by Crippen LogP contribution is -2.48. The average molecular weight is 460 g/mol. The van der Waals surface area contributed by atoms with Gasteiger partial charge in [0.2, 0.25) is 5.91 Å². The van der Waals surface area contributed by atoms with Crippen molar-refractivity contribution in [3.05, 3.63) is 64.7 Å². The fraction of sp³-hybridized carbons (Fsp3) is 0.483. The second kappa shape index (κ2) is 9.44. The Kier molecular flexibility index (Phi) is 6.38. The van der Waals surface area contributed by atoms with Gasteiger partial charge in [-0.3, -0.25) is 4.79 Å². The van der Waals surface area contributed by atoms with Crippen LogP contribution in [0.15, 0.2) is 42.5 Å². The quantitative estimate of drug-likeness (QED) is 0.467. The molecule has 4 bridgehead atoms. The zero-order valence-corrected chi connectivity index (χ0v) is 20.0. The van der Waals surface area contributed by atoms with Crippen molar-refractivity contribution in [2.24, 2.45) is 23.5 Å². The lowest BCUT2D eigenvalue weighted by molar-refractivity contribution is -0.231. The summed E-state index contributed by atoms with van der Waals surface area (Å²) in [7, 11) is 1.61. The number of carbonyl (C=O) groups is 1. The van der Waals surface area contributed by atoms with Crippen molar-refractivity contribution in [3.63, 3.8) is 0 Å². The minimum absolute atomic E-state index is 0.148. The summed E-state index contributed by atoms with van der Waals surface area (Å²) in [5.41, 5.74) is 9.03. The van der Waals surface area contributed by atoms with E-state index in [-0.39, 0.29) is 5.41 Å². The summed E-state index contributed by atoms with van der Waals surface area (Å²) in [6.45, 7) is 1.73. The fourth-order valence-electron chi connectivity index (χ4n) is 6.82. The Hall–Kier alpha value is -2.81. The van der Waals surface area contributed by atoms with Gasteiger partial charge in [0.15, 0.2) is 0 Å². The van der Waals surface area contributed by atoms with Crippen LogP contribution in [0.25, 0.3) is 0 Å². The van der Waals surface area contributed by atoms with Gasteiger partial charge in [-0.25, -0.2) is 0 Å². The minimum atomic E-state index is -0.724. The number of carbonyl (C=O) groups excluding carboxylic acids is 1. The molecule has 2 N–H and O–H groups in total. The highest BCUT2D eigenvalue weighted by atomic mass is 16.8. The Morgan fingerprint density at radius 3 is 2.15 bits per heavy atom. The van der Waals surface area contributed by atoms with E-state index in [0.717, 1.165) is 34.6 Å². The molecule has 0 aliphatic heterocycles. The van der Waals surface area contributed by atoms with E-state index in [4.69, 9.17) is 19.9 Å². The van der Waals surface area contributed by atoms with Crippen LogP contribution in [-0.2, 0) is 14.9 Å². The number of hydrogen-bond donors (Lipinski definition) is 1. The topological polar surface area (TPSA) is 70.8 Å². The summed E-state index contributed by atoms with van der Waals surface area (Å²) in [6.07, 6.45) is 7.84. The molecule has 1 atom stereocenters. The minimum Gasteiger partial charge on any atom is -0.441 e. The first-order valence-electron chi connectivity index (χ1n) is 12.4. The maximum atomic E-state index is 11.3. The van der Waals surface area contributed by atoms with Crippen molar-refractivity contribution < 1.29 is 19.0 Å². The largest absolute Gasteiger partial charge is 0.441 e. The first-order valence-corrected chi connectivity index (χ1v) is 12.4. The summed E-state index contributed by atoms with van der Waals surface area (Å²) in [4.78, 5) is 11.3. The molecule has 0 aromatic heterocycles. The van der Waals surface area contributed by atoms with Crippen molar-refractivity contribution >= 4 is 5.91 Å². The highest BCUT2D eigenvalue weighted by Gasteiger charge is 2.52. The molecule has 1 amide bonds. The molecule has 2 aromatic carbocycles. The molecule has 178 valence electrons. The Labute approximate surface area is 202 Å². The number of amides is 1. The molecule has 1 unspecified atom stereocenters. The summed E-state index contributed by atoms with van der Waals surface area (Å²) in [6, 6.07) is 13.3. The Bertz CT molecular complexity index is 1080. The molecule has 4 fully saturated rings. The first-order chi connectivity index (χ1) is 16.5. The molecule has 0 heterocycles. The summed E-state index contributed by atoms with van der Waals surface area (Å²) in [5.74, 6) is 9.42. The van der Waals surface area contributed by atoms with Gasteiger partial charge in [0, 0.05) is 29.4 Å². The zero-order valence-electron chi connectivity index (χ0n) is 20.0. The summed E-state index contributed by atoms with van der Waals surface area (Å²) < 4.78 is 17.3. The molecular weight excluding hydrogens is 426 g/mol. The number of nitrogens with two attached hydrogens (primary N) is 1. The number of rotatable bonds is 7. The van der Waals surface area contributed by atoms with Gasteiger partial charge in [-0.05, 0) is 111 Å². The van der Waals surface area contributed by atoms with Crippen LogP contribution in [0.2, 0.25) is 0 Å². The third kappa shape index (κ3) is 4.58. The van der Waals surface area contributed by atoms with Crippen molar-refractivity contribution in [2.75, 3.05) is 13.7 Å². The number of hydrogen-bond acceptors (Lipinski definition) is 4. The molecule has 0 spiro atoms. The van der Waals surface area contributed by atoms with E-state index in [9.17, 15) is 4.79 Å². The Morgan fingerprint density at radius 1 is 1.00 bits per heavy atom. The van der Waals surface area contributed by atoms with Gasteiger partial charge in [-0.15, -0.1) is 0 Å². The molecule has 0 saturated heterocycles. The van der Waals surface area contributed by atoms with E-state index in [1.807, 2.05) is 31.2 Å². The van der Waals surface area contributed by atoms with Crippen LogP contribution in [-0.4, -0.2) is 26.1 Å². The molecule has 4 aliphatic rings. The molecule has 0 radical (unpaired) electrons. The second-order valence-electron chi connectivity index (χ2n) is 10.2. The summed E-state index contributed by atoms with van der Waals surface area (Å²) >= 11 is 0. The SMILES string of the molecule is CCOC(OC)Oc1ccc(C#Cc2ccc(C(N)=O)cc2)cc1C12CC3CC(CC(C3)C1)C2. The molecule has 4 saturated carbocycles. The van der Waals surface area contributed by atoms with E-state index >= 15 is 0 Å². The van der Waals surface area contributed by atoms with Crippen LogP contribution in [0.3, 0.4) is 0 Å². The molecule has 6 rings (SSSR count). The van der Waals surface area contributed by atoms with Crippen molar-refractivity contribution in [1.82, 2.24) is 0 Å². The van der Waals surface area contributed by atoms with E-state index in [1.165, 1.54) is 44.1 Å². The molecular formula is C29H33NO4.